The van der Waals surface area contributed by atoms with Crippen LogP contribution in [0.15, 0.2) is 24.3 Å². The van der Waals surface area contributed by atoms with Crippen molar-refractivity contribution in [1.82, 2.24) is 5.32 Å². The molecule has 0 unspecified atom stereocenters. The SMILES string of the molecule is CCC.CCCCCCCCC(=O)NC=O.CCc1ccc(C)cc1.CO.[HH]. The van der Waals surface area contributed by atoms with Gasteiger partial charge in [0.05, 0.1) is 0 Å². The van der Waals surface area contributed by atoms with E-state index in [0.29, 0.717) is 12.8 Å². The van der Waals surface area contributed by atoms with Crippen molar-refractivity contribution in [3.8, 4) is 0 Å². The zero-order valence-electron chi connectivity index (χ0n) is 18.5. The van der Waals surface area contributed by atoms with E-state index < -0.39 is 0 Å². The quantitative estimate of drug-likeness (QED) is 0.416. The Labute approximate surface area is 169 Å². The van der Waals surface area contributed by atoms with E-state index in [-0.39, 0.29) is 7.33 Å². The smallest absolute Gasteiger partial charge is 0.226 e. The summed E-state index contributed by atoms with van der Waals surface area (Å²) in [7, 11) is 1.00. The number of amides is 2. The van der Waals surface area contributed by atoms with E-state index in [1.54, 1.807) is 0 Å². The first-order valence-electron chi connectivity index (χ1n) is 10.3. The number of hydrogen-bond donors (Lipinski definition) is 2. The van der Waals surface area contributed by atoms with E-state index >= 15 is 0 Å². The fourth-order valence-electron chi connectivity index (χ4n) is 2.03. The molecule has 0 radical (unpaired) electrons. The molecule has 1 aromatic rings. The summed E-state index contributed by atoms with van der Waals surface area (Å²) in [5, 5.41) is 9.13. The van der Waals surface area contributed by atoms with E-state index in [0.717, 1.165) is 26.4 Å². The van der Waals surface area contributed by atoms with Crippen LogP contribution in [0.3, 0.4) is 0 Å². The van der Waals surface area contributed by atoms with Gasteiger partial charge in [-0.05, 0) is 25.3 Å². The molecule has 0 aromatic heterocycles. The van der Waals surface area contributed by atoms with Gasteiger partial charge in [-0.25, -0.2) is 0 Å². The summed E-state index contributed by atoms with van der Waals surface area (Å²) in [5.41, 5.74) is 2.76. The number of aliphatic hydroxyl groups excluding tert-OH is 1. The van der Waals surface area contributed by atoms with Crippen molar-refractivity contribution in [1.29, 1.82) is 0 Å². The Bertz CT molecular complexity index is 422. The van der Waals surface area contributed by atoms with Crippen LogP contribution in [0.5, 0.6) is 0 Å². The molecule has 0 heterocycles. The second kappa shape index (κ2) is 26.5. The molecule has 0 saturated carbocycles. The van der Waals surface area contributed by atoms with Gasteiger partial charge in [-0.2, -0.15) is 0 Å². The predicted octanol–water partition coefficient (Wildman–Crippen LogP) is 5.84. The van der Waals surface area contributed by atoms with Crippen LogP contribution >= 0.6 is 0 Å². The molecule has 0 fully saturated rings. The Balaban J connectivity index is -0.000000167. The van der Waals surface area contributed by atoms with Crippen molar-refractivity contribution in [2.24, 2.45) is 0 Å². The van der Waals surface area contributed by atoms with Gasteiger partial charge in [-0.1, -0.05) is 96.0 Å². The maximum Gasteiger partial charge on any atom is 0.226 e. The Kier molecular flexibility index (Phi) is 29.6. The van der Waals surface area contributed by atoms with E-state index in [1.807, 2.05) is 0 Å². The third kappa shape index (κ3) is 26.7. The minimum absolute atomic E-state index is 0. The zero-order chi connectivity index (χ0) is 21.3. The largest absolute Gasteiger partial charge is 0.400 e. The minimum Gasteiger partial charge on any atom is -0.400 e. The average molecular weight is 384 g/mol. The molecule has 2 N–H and O–H groups in total. The van der Waals surface area contributed by atoms with Crippen LogP contribution in [0.2, 0.25) is 0 Å². The summed E-state index contributed by atoms with van der Waals surface area (Å²) < 4.78 is 0. The highest BCUT2D eigenvalue weighted by atomic mass is 16.2. The second-order valence-corrected chi connectivity index (χ2v) is 6.25. The number of benzene rings is 1. The number of aryl methyl sites for hydroxylation is 2. The lowest BCUT2D eigenvalue weighted by atomic mass is 10.1. The zero-order valence-corrected chi connectivity index (χ0v) is 18.5. The van der Waals surface area contributed by atoms with Gasteiger partial charge in [0.15, 0.2) is 0 Å². The van der Waals surface area contributed by atoms with Crippen LogP contribution in [0.25, 0.3) is 0 Å². The third-order valence-corrected chi connectivity index (χ3v) is 3.51. The Hall–Kier alpha value is -1.68. The second-order valence-electron chi connectivity index (χ2n) is 6.25. The van der Waals surface area contributed by atoms with E-state index in [9.17, 15) is 9.59 Å². The Morgan fingerprint density at radius 2 is 1.44 bits per heavy atom. The molecule has 4 heteroatoms. The lowest BCUT2D eigenvalue weighted by Gasteiger charge is -1.99. The number of rotatable bonds is 9. The van der Waals surface area contributed by atoms with Gasteiger partial charge < -0.3 is 5.11 Å². The number of nitrogens with one attached hydrogen (secondary N) is 1. The third-order valence-electron chi connectivity index (χ3n) is 3.51. The highest BCUT2D eigenvalue weighted by molar-refractivity contribution is 5.85. The van der Waals surface area contributed by atoms with Crippen LogP contribution in [0.1, 0.15) is 91.6 Å². The van der Waals surface area contributed by atoms with Gasteiger partial charge in [0.25, 0.3) is 0 Å². The molecule has 0 saturated heterocycles. The predicted molar refractivity (Wildman–Crippen MR) is 119 cm³/mol. The van der Waals surface area contributed by atoms with Crippen molar-refractivity contribution >= 4 is 12.3 Å². The number of carbonyl (C=O) groups is 2. The van der Waals surface area contributed by atoms with Crippen molar-refractivity contribution in [3.05, 3.63) is 35.4 Å². The molecule has 4 nitrogen and oxygen atoms in total. The van der Waals surface area contributed by atoms with Crippen LogP contribution in [0.4, 0.5) is 0 Å². The molecule has 0 bridgehead atoms. The van der Waals surface area contributed by atoms with Gasteiger partial charge in [0, 0.05) is 15.0 Å². The maximum absolute atomic E-state index is 10.8. The first-order chi connectivity index (χ1) is 13.0. The fourth-order valence-corrected chi connectivity index (χ4v) is 2.03. The summed E-state index contributed by atoms with van der Waals surface area (Å²) >= 11 is 0. The lowest BCUT2D eigenvalue weighted by Crippen LogP contribution is -2.20. The summed E-state index contributed by atoms with van der Waals surface area (Å²) in [6.07, 6.45) is 10.3. The molecule has 27 heavy (non-hydrogen) atoms. The summed E-state index contributed by atoms with van der Waals surface area (Å²) in [6.45, 7) is 10.7. The highest BCUT2D eigenvalue weighted by Crippen LogP contribution is 2.06. The van der Waals surface area contributed by atoms with Gasteiger partial charge in [-0.15, -0.1) is 0 Å². The molecule has 0 atom stereocenters. The summed E-state index contributed by atoms with van der Waals surface area (Å²) in [6, 6.07) is 8.66. The summed E-state index contributed by atoms with van der Waals surface area (Å²) in [4.78, 5) is 20.6. The lowest BCUT2D eigenvalue weighted by molar-refractivity contribution is -0.125. The van der Waals surface area contributed by atoms with Crippen molar-refractivity contribution in [3.63, 3.8) is 0 Å². The first-order valence-corrected chi connectivity index (χ1v) is 10.3. The van der Waals surface area contributed by atoms with Gasteiger partial charge in [0.2, 0.25) is 12.3 Å². The highest BCUT2D eigenvalue weighted by Gasteiger charge is 1.98. The molecule has 0 aliphatic heterocycles. The van der Waals surface area contributed by atoms with Gasteiger partial charge >= 0.3 is 0 Å². The number of carbonyl (C=O) groups excluding carboxylic acids is 2. The van der Waals surface area contributed by atoms with E-state index in [4.69, 9.17) is 5.11 Å². The van der Waals surface area contributed by atoms with Crippen LogP contribution in [0, 0.1) is 6.92 Å². The number of unbranched alkanes of at least 4 members (excludes halogenated alkanes) is 5. The van der Waals surface area contributed by atoms with Crippen molar-refractivity contribution in [2.45, 2.75) is 92.4 Å². The molecule has 0 aliphatic carbocycles. The van der Waals surface area contributed by atoms with Gasteiger partial charge in [-0.3, -0.25) is 14.9 Å². The number of imide groups is 1. The number of hydrogen-bond acceptors (Lipinski definition) is 3. The van der Waals surface area contributed by atoms with Crippen molar-refractivity contribution < 1.29 is 16.1 Å². The van der Waals surface area contributed by atoms with Crippen LogP contribution in [-0.4, -0.2) is 24.5 Å². The average Bonchev–Trinajstić information content (AvgIpc) is 2.68. The van der Waals surface area contributed by atoms with Crippen LogP contribution < -0.4 is 5.32 Å². The standard InChI is InChI=1S/C10H19NO2.C9H12.C3H8.CH4O.H2/c1-2-3-4-5-6-7-8-10(13)11-9-12;1-3-9-6-4-8(2)5-7-9;1-3-2;1-2;/h9H,2-8H2,1H3,(H,11,12,13);4-7H,3H2,1-2H3;3H2,1-2H3;2H,1H3;1H. The van der Waals surface area contributed by atoms with E-state index in [1.165, 1.54) is 43.2 Å². The Morgan fingerprint density at radius 1 is 0.963 bits per heavy atom. The molecule has 160 valence electrons. The summed E-state index contributed by atoms with van der Waals surface area (Å²) in [5.74, 6) is -0.162. The molecule has 1 aromatic carbocycles. The molecular weight excluding hydrogens is 338 g/mol. The Morgan fingerprint density at radius 3 is 1.89 bits per heavy atom. The maximum atomic E-state index is 10.8. The van der Waals surface area contributed by atoms with Crippen LogP contribution in [-0.2, 0) is 16.0 Å². The topological polar surface area (TPSA) is 66.4 Å². The monoisotopic (exact) mass is 383 g/mol. The van der Waals surface area contributed by atoms with E-state index in [2.05, 4.69) is 64.2 Å². The first kappa shape index (κ1) is 30.1. The normalized spacial score (nSPS) is 8.70. The minimum atomic E-state index is -0.162. The van der Waals surface area contributed by atoms with Gasteiger partial charge in [0.1, 0.15) is 0 Å². The van der Waals surface area contributed by atoms with Crippen molar-refractivity contribution in [2.75, 3.05) is 7.11 Å². The number of aliphatic hydroxyl groups is 1. The fraction of sp³-hybridized carbons (Fsp3) is 0.652. The molecule has 1 rings (SSSR count). The molecular formula is C23H45NO3. The molecule has 0 spiro atoms. The molecule has 0 aliphatic rings. The molecule has 2 amide bonds.